The number of hydrogen-bond donors (Lipinski definition) is 2. The summed E-state index contributed by atoms with van der Waals surface area (Å²) < 4.78 is 7.86. The second-order valence-corrected chi connectivity index (χ2v) is 8.27. The lowest BCUT2D eigenvalue weighted by molar-refractivity contribution is -0.119. The number of fused-ring (bicyclic) bond motifs is 1. The molecule has 2 fully saturated rings. The van der Waals surface area contributed by atoms with Gasteiger partial charge in [-0.15, -0.1) is 0 Å². The van der Waals surface area contributed by atoms with Crippen molar-refractivity contribution in [1.29, 1.82) is 5.26 Å². The van der Waals surface area contributed by atoms with E-state index < -0.39 is 0 Å². The van der Waals surface area contributed by atoms with Crippen LogP contribution >= 0.6 is 0 Å². The van der Waals surface area contributed by atoms with Gasteiger partial charge in [0.25, 0.3) is 0 Å². The summed E-state index contributed by atoms with van der Waals surface area (Å²) in [5.41, 5.74) is 3.78. The number of nitrogens with one attached hydrogen (secondary N) is 2. The molecule has 9 heteroatoms. The topological polar surface area (TPSA) is 108 Å². The Kier molecular flexibility index (Phi) is 7.28. The molecule has 2 aromatic heterocycles. The van der Waals surface area contributed by atoms with Gasteiger partial charge >= 0.3 is 0 Å². The molecule has 2 unspecified atom stereocenters. The molecule has 0 bridgehead atoms. The number of anilines is 1. The van der Waals surface area contributed by atoms with Crippen molar-refractivity contribution in [3.63, 3.8) is 0 Å². The third-order valence-corrected chi connectivity index (χ3v) is 6.20. The van der Waals surface area contributed by atoms with E-state index in [0.717, 1.165) is 31.7 Å². The first-order valence-electron chi connectivity index (χ1n) is 11.9. The van der Waals surface area contributed by atoms with Crippen molar-refractivity contribution in [2.45, 2.75) is 33.3 Å². The Balaban J connectivity index is 0.00000133. The van der Waals surface area contributed by atoms with Gasteiger partial charge in [-0.2, -0.15) is 10.4 Å². The van der Waals surface area contributed by atoms with Gasteiger partial charge in [0.05, 0.1) is 18.1 Å². The van der Waals surface area contributed by atoms with E-state index in [-0.39, 0.29) is 17.9 Å². The van der Waals surface area contributed by atoms with Crippen LogP contribution < -0.4 is 20.3 Å². The highest BCUT2D eigenvalue weighted by Crippen LogP contribution is 2.30. The van der Waals surface area contributed by atoms with E-state index in [1.165, 1.54) is 11.9 Å². The molecule has 0 spiro atoms. The molecule has 0 aliphatic carbocycles. The van der Waals surface area contributed by atoms with E-state index in [4.69, 9.17) is 9.72 Å². The fourth-order valence-corrected chi connectivity index (χ4v) is 4.28. The predicted molar refractivity (Wildman–Crippen MR) is 131 cm³/mol. The normalized spacial score (nSPS) is 18.6. The van der Waals surface area contributed by atoms with Gasteiger partial charge in [0.1, 0.15) is 23.3 Å². The Morgan fingerprint density at radius 2 is 1.94 bits per heavy atom. The zero-order chi connectivity index (χ0) is 24.1. The first kappa shape index (κ1) is 23.5. The van der Waals surface area contributed by atoms with Gasteiger partial charge in [-0.25, -0.2) is 9.50 Å². The van der Waals surface area contributed by atoms with Crippen molar-refractivity contribution >= 4 is 17.1 Å². The Morgan fingerprint density at radius 1 is 1.21 bits per heavy atom. The van der Waals surface area contributed by atoms with Crippen molar-refractivity contribution < 1.29 is 9.53 Å². The van der Waals surface area contributed by atoms with E-state index in [1.54, 1.807) is 4.52 Å². The summed E-state index contributed by atoms with van der Waals surface area (Å²) in [5, 5.41) is 20.1. The lowest BCUT2D eigenvalue weighted by Crippen LogP contribution is -2.43. The third kappa shape index (κ3) is 4.82. The zero-order valence-corrected chi connectivity index (χ0v) is 19.9. The second-order valence-electron chi connectivity index (χ2n) is 8.27. The quantitative estimate of drug-likeness (QED) is 0.601. The minimum absolute atomic E-state index is 0.0314. The van der Waals surface area contributed by atoms with Crippen LogP contribution in [0.5, 0.6) is 5.88 Å². The van der Waals surface area contributed by atoms with Crippen LogP contribution in [-0.4, -0.2) is 59.3 Å². The maximum Gasteiger partial charge on any atom is 0.242 e. The van der Waals surface area contributed by atoms with Gasteiger partial charge in [-0.1, -0.05) is 26.0 Å². The number of nitrogens with zero attached hydrogens (tertiary/aromatic N) is 5. The summed E-state index contributed by atoms with van der Waals surface area (Å²) in [6, 6.07) is 10.5. The van der Waals surface area contributed by atoms with Gasteiger partial charge < -0.3 is 20.3 Å². The van der Waals surface area contributed by atoms with E-state index in [2.05, 4.69) is 38.8 Å². The molecule has 3 aromatic rings. The highest BCUT2D eigenvalue weighted by Gasteiger charge is 2.29. The number of aromatic nitrogens is 3. The molecule has 0 radical (unpaired) electrons. The molecule has 0 saturated carbocycles. The fourth-order valence-electron chi connectivity index (χ4n) is 4.28. The molecule has 5 rings (SSSR count). The van der Waals surface area contributed by atoms with Crippen LogP contribution in [0.4, 0.5) is 5.69 Å². The molecule has 1 aromatic carbocycles. The number of ether oxygens (including phenoxy) is 1. The van der Waals surface area contributed by atoms with Gasteiger partial charge in [-0.05, 0) is 19.1 Å². The summed E-state index contributed by atoms with van der Waals surface area (Å²) in [6.07, 6.45) is 3.52. The number of hydrogen-bond acceptors (Lipinski definition) is 7. The highest BCUT2D eigenvalue weighted by atomic mass is 16.5. The molecule has 2 aliphatic heterocycles. The molecular formula is C25H31N7O2. The Hall–Kier alpha value is -3.64. The average Bonchev–Trinajstić information content (AvgIpc) is 3.52. The number of amides is 1. The zero-order valence-electron chi connectivity index (χ0n) is 19.9. The Bertz CT molecular complexity index is 1180. The number of piperazine rings is 1. The van der Waals surface area contributed by atoms with E-state index in [1.807, 2.05) is 39.1 Å². The smallest absolute Gasteiger partial charge is 0.242 e. The lowest BCUT2D eigenvalue weighted by Gasteiger charge is -2.29. The van der Waals surface area contributed by atoms with Crippen molar-refractivity contribution in [2.24, 2.45) is 5.92 Å². The molecule has 2 aliphatic rings. The van der Waals surface area contributed by atoms with Crippen LogP contribution in [-0.2, 0) is 4.79 Å². The SMILES string of the molecule is CC.CC(Oc1nc(-c2ccc(N3CCNCC3)cc2)cn2ncc(C#N)c12)C1CNC(=O)C1. The minimum Gasteiger partial charge on any atom is -0.473 e. The summed E-state index contributed by atoms with van der Waals surface area (Å²) in [4.78, 5) is 18.7. The van der Waals surface area contributed by atoms with Crippen molar-refractivity contribution in [2.75, 3.05) is 37.6 Å². The maximum absolute atomic E-state index is 11.6. The van der Waals surface area contributed by atoms with Crippen LogP contribution in [0.25, 0.3) is 16.8 Å². The van der Waals surface area contributed by atoms with E-state index >= 15 is 0 Å². The van der Waals surface area contributed by atoms with Crippen LogP contribution in [0.1, 0.15) is 32.8 Å². The Labute approximate surface area is 199 Å². The molecule has 9 nitrogen and oxygen atoms in total. The number of carbonyl (C=O) groups excluding carboxylic acids is 1. The molecule has 2 saturated heterocycles. The number of benzene rings is 1. The molecule has 2 atom stereocenters. The number of carbonyl (C=O) groups is 1. The summed E-state index contributed by atoms with van der Waals surface area (Å²) in [5.74, 6) is 0.443. The largest absolute Gasteiger partial charge is 0.473 e. The standard InChI is InChI=1S/C23H25N7O2.C2H6/c1-15(17-10-21(31)26-12-17)32-23-22-18(11-24)13-27-30(22)14-20(28-23)16-2-4-19(5-3-16)29-8-6-25-7-9-29;1-2/h2-5,13-15,17,25H,6-10,12H2,1H3,(H,26,31);1-2H3. The fraction of sp³-hybridized carbons (Fsp3) is 0.440. The van der Waals surface area contributed by atoms with Crippen LogP contribution in [0.3, 0.4) is 0 Å². The van der Waals surface area contributed by atoms with E-state index in [0.29, 0.717) is 35.6 Å². The highest BCUT2D eigenvalue weighted by molar-refractivity contribution is 5.78. The summed E-state index contributed by atoms with van der Waals surface area (Å²) in [6.45, 7) is 10.5. The predicted octanol–water partition coefficient (Wildman–Crippen LogP) is 2.61. The number of rotatable bonds is 5. The second kappa shape index (κ2) is 10.5. The van der Waals surface area contributed by atoms with Crippen molar-refractivity contribution in [3.05, 3.63) is 42.2 Å². The molecule has 34 heavy (non-hydrogen) atoms. The van der Waals surface area contributed by atoms with Crippen molar-refractivity contribution in [3.8, 4) is 23.2 Å². The first-order chi connectivity index (χ1) is 16.6. The maximum atomic E-state index is 11.6. The van der Waals surface area contributed by atoms with Gasteiger partial charge in [0, 0.05) is 56.3 Å². The molecule has 178 valence electrons. The molecule has 4 heterocycles. The van der Waals surface area contributed by atoms with Gasteiger partial charge in [-0.3, -0.25) is 4.79 Å². The molecular weight excluding hydrogens is 430 g/mol. The summed E-state index contributed by atoms with van der Waals surface area (Å²) in [7, 11) is 0. The monoisotopic (exact) mass is 461 g/mol. The lowest BCUT2D eigenvalue weighted by atomic mass is 10.0. The van der Waals surface area contributed by atoms with Crippen molar-refractivity contribution in [1.82, 2.24) is 25.2 Å². The van der Waals surface area contributed by atoms with Crippen LogP contribution in [0.15, 0.2) is 36.7 Å². The van der Waals surface area contributed by atoms with Gasteiger partial charge in [0.15, 0.2) is 0 Å². The average molecular weight is 462 g/mol. The Morgan fingerprint density at radius 3 is 2.59 bits per heavy atom. The molecule has 1 amide bonds. The molecule has 2 N–H and O–H groups in total. The third-order valence-electron chi connectivity index (χ3n) is 6.20. The number of nitriles is 1. The minimum atomic E-state index is -0.239. The van der Waals surface area contributed by atoms with E-state index in [9.17, 15) is 10.1 Å². The van der Waals surface area contributed by atoms with Crippen LogP contribution in [0.2, 0.25) is 0 Å². The van der Waals surface area contributed by atoms with Gasteiger partial charge in [0.2, 0.25) is 11.8 Å². The summed E-state index contributed by atoms with van der Waals surface area (Å²) >= 11 is 0. The van der Waals surface area contributed by atoms with Crippen LogP contribution in [0, 0.1) is 17.2 Å². The first-order valence-corrected chi connectivity index (χ1v) is 11.9.